The molecule has 19 heavy (non-hydrogen) atoms. The van der Waals surface area contributed by atoms with E-state index >= 15 is 0 Å². The largest absolute Gasteiger partial charge is 0.484 e. The van der Waals surface area contributed by atoms with Crippen LogP contribution in [0.15, 0.2) is 18.2 Å². The molecule has 4 nitrogen and oxygen atoms in total. The van der Waals surface area contributed by atoms with E-state index in [0.717, 1.165) is 6.54 Å². The van der Waals surface area contributed by atoms with Gasteiger partial charge in [0.15, 0.2) is 6.61 Å². The summed E-state index contributed by atoms with van der Waals surface area (Å²) in [4.78, 5) is 13.8. The van der Waals surface area contributed by atoms with E-state index < -0.39 is 0 Å². The van der Waals surface area contributed by atoms with Gasteiger partial charge < -0.3 is 15.0 Å². The van der Waals surface area contributed by atoms with Crippen LogP contribution in [0.3, 0.4) is 0 Å². The molecule has 0 saturated carbocycles. The van der Waals surface area contributed by atoms with E-state index in [1.165, 1.54) is 0 Å². The SMILES string of the molecule is CC1CN(C(=O)COc2ccc(Cl)c(Cl)c2)CCN1. The summed E-state index contributed by atoms with van der Waals surface area (Å²) in [6.07, 6.45) is 0. The van der Waals surface area contributed by atoms with Gasteiger partial charge in [-0.1, -0.05) is 23.2 Å². The number of hydrogen-bond donors (Lipinski definition) is 1. The lowest BCUT2D eigenvalue weighted by Crippen LogP contribution is -2.52. The zero-order valence-corrected chi connectivity index (χ0v) is 12.2. The number of nitrogens with one attached hydrogen (secondary N) is 1. The van der Waals surface area contributed by atoms with E-state index in [-0.39, 0.29) is 12.5 Å². The van der Waals surface area contributed by atoms with Crippen LogP contribution in [0.5, 0.6) is 5.75 Å². The van der Waals surface area contributed by atoms with E-state index in [9.17, 15) is 4.79 Å². The minimum Gasteiger partial charge on any atom is -0.484 e. The highest BCUT2D eigenvalue weighted by molar-refractivity contribution is 6.42. The van der Waals surface area contributed by atoms with Gasteiger partial charge in [0.25, 0.3) is 5.91 Å². The maximum Gasteiger partial charge on any atom is 0.260 e. The quantitative estimate of drug-likeness (QED) is 0.930. The van der Waals surface area contributed by atoms with Gasteiger partial charge >= 0.3 is 0 Å². The zero-order chi connectivity index (χ0) is 13.8. The molecule has 1 N–H and O–H groups in total. The molecule has 1 aliphatic rings. The standard InChI is InChI=1S/C13H16Cl2N2O2/c1-9-7-17(5-4-16-9)13(18)8-19-10-2-3-11(14)12(15)6-10/h2-3,6,9,16H,4-5,7-8H2,1H3. The van der Waals surface area contributed by atoms with Crippen LogP contribution < -0.4 is 10.1 Å². The van der Waals surface area contributed by atoms with Gasteiger partial charge in [-0.25, -0.2) is 0 Å². The Morgan fingerprint density at radius 2 is 2.26 bits per heavy atom. The van der Waals surface area contributed by atoms with Crippen LogP contribution in [0, 0.1) is 0 Å². The number of amides is 1. The van der Waals surface area contributed by atoms with Crippen LogP contribution in [0.4, 0.5) is 0 Å². The summed E-state index contributed by atoms with van der Waals surface area (Å²) in [6.45, 7) is 4.32. The second-order valence-corrected chi connectivity index (χ2v) is 5.37. The summed E-state index contributed by atoms with van der Waals surface area (Å²) in [5.74, 6) is 0.533. The van der Waals surface area contributed by atoms with Gasteiger partial charge in [0.05, 0.1) is 10.0 Å². The van der Waals surface area contributed by atoms with Crippen molar-refractivity contribution in [2.75, 3.05) is 26.2 Å². The van der Waals surface area contributed by atoms with Crippen molar-refractivity contribution in [2.24, 2.45) is 0 Å². The van der Waals surface area contributed by atoms with Crippen LogP contribution in [0.25, 0.3) is 0 Å². The lowest BCUT2D eigenvalue weighted by atomic mass is 10.2. The number of hydrogen-bond acceptors (Lipinski definition) is 3. The molecule has 1 amide bonds. The van der Waals surface area contributed by atoms with Crippen LogP contribution in [0.1, 0.15) is 6.92 Å². The number of ether oxygens (including phenoxy) is 1. The van der Waals surface area contributed by atoms with Crippen LogP contribution >= 0.6 is 23.2 Å². The minimum absolute atomic E-state index is 0.0144. The fraction of sp³-hybridized carbons (Fsp3) is 0.462. The monoisotopic (exact) mass is 302 g/mol. The fourth-order valence-corrected chi connectivity index (χ4v) is 2.25. The fourth-order valence-electron chi connectivity index (χ4n) is 1.96. The smallest absolute Gasteiger partial charge is 0.260 e. The van der Waals surface area contributed by atoms with Crippen molar-refractivity contribution < 1.29 is 9.53 Å². The second kappa shape index (κ2) is 6.46. The number of halogens is 2. The normalized spacial score (nSPS) is 19.3. The van der Waals surface area contributed by atoms with Gasteiger partial charge in [0.1, 0.15) is 5.75 Å². The van der Waals surface area contributed by atoms with Gasteiger partial charge in [-0.15, -0.1) is 0 Å². The summed E-state index contributed by atoms with van der Waals surface area (Å²) in [5, 5.41) is 4.18. The third-order valence-corrected chi connectivity index (χ3v) is 3.71. The van der Waals surface area contributed by atoms with Crippen molar-refractivity contribution in [3.05, 3.63) is 28.2 Å². The first-order valence-corrected chi connectivity index (χ1v) is 6.91. The van der Waals surface area contributed by atoms with Crippen molar-refractivity contribution in [2.45, 2.75) is 13.0 Å². The number of carbonyl (C=O) groups is 1. The molecular weight excluding hydrogens is 287 g/mol. The van der Waals surface area contributed by atoms with Crippen LogP contribution in [0.2, 0.25) is 10.0 Å². The molecule has 1 atom stereocenters. The zero-order valence-electron chi connectivity index (χ0n) is 10.7. The van der Waals surface area contributed by atoms with E-state index in [1.807, 2.05) is 0 Å². The average molecular weight is 303 g/mol. The molecule has 1 aliphatic heterocycles. The number of benzene rings is 1. The molecule has 0 aliphatic carbocycles. The molecule has 104 valence electrons. The third-order valence-electron chi connectivity index (χ3n) is 2.97. The number of piperazine rings is 1. The molecule has 1 aromatic carbocycles. The van der Waals surface area contributed by atoms with Crippen molar-refractivity contribution in [3.8, 4) is 5.75 Å². The van der Waals surface area contributed by atoms with Gasteiger partial charge in [-0.2, -0.15) is 0 Å². The number of nitrogens with zero attached hydrogens (tertiary/aromatic N) is 1. The molecule has 1 saturated heterocycles. The van der Waals surface area contributed by atoms with E-state index in [4.69, 9.17) is 27.9 Å². The summed E-state index contributed by atoms with van der Waals surface area (Å²) in [5.41, 5.74) is 0. The second-order valence-electron chi connectivity index (χ2n) is 4.56. The Morgan fingerprint density at radius 1 is 1.47 bits per heavy atom. The first-order chi connectivity index (χ1) is 9.06. The summed E-state index contributed by atoms with van der Waals surface area (Å²) in [6, 6.07) is 5.28. The minimum atomic E-state index is -0.0144. The van der Waals surface area contributed by atoms with Crippen LogP contribution in [-0.4, -0.2) is 43.1 Å². The topological polar surface area (TPSA) is 41.6 Å². The van der Waals surface area contributed by atoms with Gasteiger partial charge in [-0.05, 0) is 19.1 Å². The number of carbonyl (C=O) groups excluding carboxylic acids is 1. The highest BCUT2D eigenvalue weighted by Gasteiger charge is 2.20. The van der Waals surface area contributed by atoms with Crippen molar-refractivity contribution in [3.63, 3.8) is 0 Å². The predicted molar refractivity (Wildman–Crippen MR) is 76.0 cm³/mol. The molecular formula is C13H16Cl2N2O2. The summed E-state index contributed by atoms with van der Waals surface area (Å²) in [7, 11) is 0. The third kappa shape index (κ3) is 4.00. The molecule has 1 unspecified atom stereocenters. The first-order valence-electron chi connectivity index (χ1n) is 6.15. The Labute approximate surface area is 122 Å². The summed E-state index contributed by atoms with van der Waals surface area (Å²) < 4.78 is 5.44. The average Bonchev–Trinajstić information content (AvgIpc) is 2.40. The van der Waals surface area contributed by atoms with Gasteiger partial charge in [0, 0.05) is 31.7 Å². The maximum atomic E-state index is 12.0. The lowest BCUT2D eigenvalue weighted by molar-refractivity contribution is -0.134. The molecule has 2 rings (SSSR count). The number of rotatable bonds is 3. The molecule has 6 heteroatoms. The summed E-state index contributed by atoms with van der Waals surface area (Å²) >= 11 is 11.7. The lowest BCUT2D eigenvalue weighted by Gasteiger charge is -2.31. The predicted octanol–water partition coefficient (Wildman–Crippen LogP) is 2.19. The Kier molecular flexibility index (Phi) is 4.91. The highest BCUT2D eigenvalue weighted by atomic mass is 35.5. The van der Waals surface area contributed by atoms with Crippen molar-refractivity contribution in [1.29, 1.82) is 0 Å². The molecule has 0 bridgehead atoms. The van der Waals surface area contributed by atoms with Gasteiger partial charge in [0.2, 0.25) is 0 Å². The Morgan fingerprint density at radius 3 is 2.95 bits per heavy atom. The molecule has 0 spiro atoms. The Balaban J connectivity index is 1.87. The molecule has 1 aromatic rings. The molecule has 0 radical (unpaired) electrons. The molecule has 1 fully saturated rings. The van der Waals surface area contributed by atoms with Gasteiger partial charge in [-0.3, -0.25) is 4.79 Å². The van der Waals surface area contributed by atoms with E-state index in [2.05, 4.69) is 12.2 Å². The van der Waals surface area contributed by atoms with E-state index in [1.54, 1.807) is 23.1 Å². The Bertz CT molecular complexity index is 468. The molecule has 1 heterocycles. The van der Waals surface area contributed by atoms with Crippen LogP contribution in [-0.2, 0) is 4.79 Å². The highest BCUT2D eigenvalue weighted by Crippen LogP contribution is 2.26. The first kappa shape index (κ1) is 14.4. The Hall–Kier alpha value is -0.970. The van der Waals surface area contributed by atoms with E-state index in [0.29, 0.717) is 34.9 Å². The van der Waals surface area contributed by atoms with Crippen molar-refractivity contribution in [1.82, 2.24) is 10.2 Å². The van der Waals surface area contributed by atoms with Crippen molar-refractivity contribution >= 4 is 29.1 Å². The molecule has 0 aromatic heterocycles. The maximum absolute atomic E-state index is 12.0.